The number of aliphatic carboxylic acids is 1. The highest BCUT2D eigenvalue weighted by Gasteiger charge is 2.68. The van der Waals surface area contributed by atoms with Crippen LogP contribution in [0.3, 0.4) is 0 Å². The third kappa shape index (κ3) is 2.86. The van der Waals surface area contributed by atoms with Gasteiger partial charge < -0.3 is 15.2 Å². The van der Waals surface area contributed by atoms with Crippen molar-refractivity contribution in [1.82, 2.24) is 0 Å². The molecule has 1 aromatic rings. The van der Waals surface area contributed by atoms with Crippen LogP contribution in [-0.4, -0.2) is 23.6 Å². The standard InChI is InChI=1S/C16H21NO4/c1-15(2)13(16(15,3)4)14(20)17-10-5-7-11(8-6-10)21-9-12(18)19/h5-8,13H,9H2,1-4H3,(H,17,20)(H,18,19). The molecule has 0 unspecified atom stereocenters. The summed E-state index contributed by atoms with van der Waals surface area (Å²) < 4.78 is 5.04. The lowest BCUT2D eigenvalue weighted by atomic mass is 10.0. The number of carboxylic acids is 1. The first-order valence-corrected chi connectivity index (χ1v) is 6.92. The Labute approximate surface area is 124 Å². The minimum atomic E-state index is -1.02. The quantitative estimate of drug-likeness (QED) is 0.874. The molecule has 5 nitrogen and oxygen atoms in total. The fourth-order valence-electron chi connectivity index (χ4n) is 2.85. The molecule has 0 bridgehead atoms. The number of anilines is 1. The van der Waals surface area contributed by atoms with Crippen molar-refractivity contribution >= 4 is 17.6 Å². The Hall–Kier alpha value is -2.04. The Kier molecular flexibility index (Phi) is 3.70. The van der Waals surface area contributed by atoms with E-state index < -0.39 is 5.97 Å². The predicted molar refractivity (Wildman–Crippen MR) is 79.3 cm³/mol. The Morgan fingerprint density at radius 3 is 2.10 bits per heavy atom. The highest BCUT2D eigenvalue weighted by atomic mass is 16.5. The maximum absolute atomic E-state index is 12.3. The van der Waals surface area contributed by atoms with Crippen LogP contribution < -0.4 is 10.1 Å². The normalized spacial score (nSPS) is 18.9. The number of ether oxygens (including phenoxy) is 1. The van der Waals surface area contributed by atoms with Crippen LogP contribution in [-0.2, 0) is 9.59 Å². The van der Waals surface area contributed by atoms with Gasteiger partial charge in [-0.1, -0.05) is 27.7 Å². The summed E-state index contributed by atoms with van der Waals surface area (Å²) in [7, 11) is 0. The number of carboxylic acid groups (broad SMARTS) is 1. The minimum Gasteiger partial charge on any atom is -0.482 e. The molecule has 1 aromatic carbocycles. The average molecular weight is 291 g/mol. The Morgan fingerprint density at radius 2 is 1.67 bits per heavy atom. The van der Waals surface area contributed by atoms with Crippen molar-refractivity contribution in [1.29, 1.82) is 0 Å². The molecule has 0 saturated heterocycles. The summed E-state index contributed by atoms with van der Waals surface area (Å²) in [6.07, 6.45) is 0. The fourth-order valence-corrected chi connectivity index (χ4v) is 2.85. The van der Waals surface area contributed by atoms with Crippen LogP contribution in [0.25, 0.3) is 0 Å². The summed E-state index contributed by atoms with van der Waals surface area (Å²) in [5.74, 6) is -0.551. The maximum Gasteiger partial charge on any atom is 0.341 e. The zero-order valence-corrected chi connectivity index (χ0v) is 12.8. The number of carbonyl (C=O) groups is 2. The number of amides is 1. The number of hydrogen-bond acceptors (Lipinski definition) is 3. The van der Waals surface area contributed by atoms with Gasteiger partial charge in [0.1, 0.15) is 5.75 Å². The van der Waals surface area contributed by atoms with E-state index in [1.54, 1.807) is 24.3 Å². The van der Waals surface area contributed by atoms with Crippen molar-refractivity contribution in [2.75, 3.05) is 11.9 Å². The maximum atomic E-state index is 12.3. The molecule has 1 saturated carbocycles. The van der Waals surface area contributed by atoms with Gasteiger partial charge in [0.15, 0.2) is 6.61 Å². The summed E-state index contributed by atoms with van der Waals surface area (Å²) in [5.41, 5.74) is 0.685. The lowest BCUT2D eigenvalue weighted by molar-refractivity contribution is -0.139. The average Bonchev–Trinajstić information content (AvgIpc) is 2.78. The molecule has 0 spiro atoms. The second-order valence-electron chi connectivity index (χ2n) is 6.57. The van der Waals surface area contributed by atoms with Gasteiger partial charge in [-0.2, -0.15) is 0 Å². The Balaban J connectivity index is 1.95. The van der Waals surface area contributed by atoms with E-state index in [0.717, 1.165) is 0 Å². The van der Waals surface area contributed by atoms with Crippen LogP contribution >= 0.6 is 0 Å². The molecular weight excluding hydrogens is 270 g/mol. The Bertz CT molecular complexity index is 546. The molecule has 114 valence electrons. The van der Waals surface area contributed by atoms with Gasteiger partial charge in [0, 0.05) is 11.6 Å². The monoisotopic (exact) mass is 291 g/mol. The molecule has 1 fully saturated rings. The first kappa shape index (κ1) is 15.4. The molecule has 0 atom stereocenters. The number of nitrogens with one attached hydrogen (secondary N) is 1. The van der Waals surface area contributed by atoms with Crippen LogP contribution in [0.1, 0.15) is 27.7 Å². The molecule has 5 heteroatoms. The van der Waals surface area contributed by atoms with E-state index in [0.29, 0.717) is 11.4 Å². The molecule has 0 aromatic heterocycles. The van der Waals surface area contributed by atoms with E-state index in [-0.39, 0.29) is 29.3 Å². The highest BCUT2D eigenvalue weighted by Crippen LogP contribution is 2.68. The molecule has 0 heterocycles. The molecule has 21 heavy (non-hydrogen) atoms. The van der Waals surface area contributed by atoms with Crippen molar-refractivity contribution in [3.63, 3.8) is 0 Å². The van der Waals surface area contributed by atoms with Crippen molar-refractivity contribution in [2.24, 2.45) is 16.7 Å². The molecule has 1 aliphatic rings. The second-order valence-corrected chi connectivity index (χ2v) is 6.57. The van der Waals surface area contributed by atoms with Gasteiger partial charge in [0.2, 0.25) is 5.91 Å². The Morgan fingerprint density at radius 1 is 1.14 bits per heavy atom. The van der Waals surface area contributed by atoms with Gasteiger partial charge in [-0.05, 0) is 35.1 Å². The summed E-state index contributed by atoms with van der Waals surface area (Å²) in [6, 6.07) is 6.69. The number of carbonyl (C=O) groups excluding carboxylic acids is 1. The fraction of sp³-hybridized carbons (Fsp3) is 0.500. The lowest BCUT2D eigenvalue weighted by Gasteiger charge is -2.08. The van der Waals surface area contributed by atoms with E-state index in [1.807, 2.05) is 0 Å². The van der Waals surface area contributed by atoms with E-state index in [4.69, 9.17) is 9.84 Å². The SMILES string of the molecule is CC1(C)C(C(=O)Nc2ccc(OCC(=O)O)cc2)C1(C)C. The molecule has 1 amide bonds. The first-order valence-electron chi connectivity index (χ1n) is 6.92. The van der Waals surface area contributed by atoms with Crippen molar-refractivity contribution in [3.8, 4) is 5.75 Å². The molecule has 2 rings (SSSR count). The van der Waals surface area contributed by atoms with Gasteiger partial charge in [0.25, 0.3) is 0 Å². The van der Waals surface area contributed by atoms with E-state index in [2.05, 4.69) is 33.0 Å². The van der Waals surface area contributed by atoms with E-state index in [9.17, 15) is 9.59 Å². The van der Waals surface area contributed by atoms with Gasteiger partial charge in [-0.15, -0.1) is 0 Å². The zero-order valence-electron chi connectivity index (χ0n) is 12.8. The summed E-state index contributed by atoms with van der Waals surface area (Å²) >= 11 is 0. The number of hydrogen-bond donors (Lipinski definition) is 2. The van der Waals surface area contributed by atoms with Crippen LogP contribution in [0.4, 0.5) is 5.69 Å². The van der Waals surface area contributed by atoms with Gasteiger partial charge in [-0.3, -0.25) is 4.79 Å². The molecule has 0 aliphatic heterocycles. The van der Waals surface area contributed by atoms with Gasteiger partial charge in [-0.25, -0.2) is 4.79 Å². The molecule has 2 N–H and O–H groups in total. The number of benzene rings is 1. The van der Waals surface area contributed by atoms with Gasteiger partial charge >= 0.3 is 5.97 Å². The molecule has 0 radical (unpaired) electrons. The largest absolute Gasteiger partial charge is 0.482 e. The van der Waals surface area contributed by atoms with Crippen LogP contribution in [0.15, 0.2) is 24.3 Å². The van der Waals surface area contributed by atoms with E-state index >= 15 is 0 Å². The first-order chi connectivity index (χ1) is 9.66. The van der Waals surface area contributed by atoms with Crippen molar-refractivity contribution < 1.29 is 19.4 Å². The summed E-state index contributed by atoms with van der Waals surface area (Å²) in [4.78, 5) is 22.7. The molecule has 1 aliphatic carbocycles. The summed E-state index contributed by atoms with van der Waals surface area (Å²) in [6.45, 7) is 8.01. The van der Waals surface area contributed by atoms with E-state index in [1.165, 1.54) is 0 Å². The van der Waals surface area contributed by atoms with Crippen molar-refractivity contribution in [2.45, 2.75) is 27.7 Å². The van der Waals surface area contributed by atoms with Crippen molar-refractivity contribution in [3.05, 3.63) is 24.3 Å². The molecular formula is C16H21NO4. The number of rotatable bonds is 5. The minimum absolute atomic E-state index is 0.00161. The third-order valence-corrected chi connectivity index (χ3v) is 4.77. The summed E-state index contributed by atoms with van der Waals surface area (Å²) in [5, 5.41) is 11.4. The lowest BCUT2D eigenvalue weighted by Crippen LogP contribution is -2.17. The third-order valence-electron chi connectivity index (χ3n) is 4.77. The highest BCUT2D eigenvalue weighted by molar-refractivity contribution is 5.96. The van der Waals surface area contributed by atoms with Gasteiger partial charge in [0.05, 0.1) is 0 Å². The van der Waals surface area contributed by atoms with Crippen LogP contribution in [0.5, 0.6) is 5.75 Å². The topological polar surface area (TPSA) is 75.6 Å². The van der Waals surface area contributed by atoms with Crippen LogP contribution in [0, 0.1) is 16.7 Å². The van der Waals surface area contributed by atoms with Crippen LogP contribution in [0.2, 0.25) is 0 Å². The predicted octanol–water partition coefficient (Wildman–Crippen LogP) is 2.77. The zero-order chi connectivity index (χ0) is 15.8. The smallest absolute Gasteiger partial charge is 0.341 e. The second kappa shape index (κ2) is 5.06.